The minimum absolute atomic E-state index is 0. The monoisotopic (exact) mass is 218 g/mol. The van der Waals surface area contributed by atoms with E-state index in [0.717, 1.165) is 38.9 Å². The van der Waals surface area contributed by atoms with Crippen LogP contribution in [0.5, 0.6) is 0 Å². The number of carbonyl (C=O) groups excluding carboxylic acids is 1. The molecule has 2 rings (SSSR count). The molecule has 0 bridgehead atoms. The van der Waals surface area contributed by atoms with Crippen molar-refractivity contribution in [3.05, 3.63) is 0 Å². The topological polar surface area (TPSA) is 46.3 Å². The number of amides is 1. The number of hydrogen-bond donors (Lipinski definition) is 1. The number of rotatable bonds is 2. The van der Waals surface area contributed by atoms with Gasteiger partial charge < -0.3 is 10.6 Å². The van der Waals surface area contributed by atoms with Crippen molar-refractivity contribution >= 4 is 18.3 Å². The van der Waals surface area contributed by atoms with Gasteiger partial charge in [-0.25, -0.2) is 0 Å². The van der Waals surface area contributed by atoms with E-state index in [-0.39, 0.29) is 17.8 Å². The molecule has 0 aromatic heterocycles. The van der Waals surface area contributed by atoms with Crippen molar-refractivity contribution in [3.63, 3.8) is 0 Å². The highest BCUT2D eigenvalue weighted by atomic mass is 35.5. The van der Waals surface area contributed by atoms with Gasteiger partial charge in [0.2, 0.25) is 5.91 Å². The first kappa shape index (κ1) is 11.8. The van der Waals surface area contributed by atoms with Crippen LogP contribution in [0.2, 0.25) is 0 Å². The Morgan fingerprint density at radius 2 is 2.21 bits per heavy atom. The van der Waals surface area contributed by atoms with Gasteiger partial charge in [0, 0.05) is 18.5 Å². The highest BCUT2D eigenvalue weighted by Crippen LogP contribution is 2.47. The van der Waals surface area contributed by atoms with Crippen LogP contribution in [0, 0.1) is 11.3 Å². The second-order valence-electron chi connectivity index (χ2n) is 4.70. The first-order valence-corrected chi connectivity index (χ1v) is 5.15. The van der Waals surface area contributed by atoms with Gasteiger partial charge in [0.15, 0.2) is 0 Å². The van der Waals surface area contributed by atoms with Crippen molar-refractivity contribution < 1.29 is 4.79 Å². The maximum atomic E-state index is 11.9. The molecule has 2 aliphatic rings. The molecule has 3 nitrogen and oxygen atoms in total. The summed E-state index contributed by atoms with van der Waals surface area (Å²) in [4.78, 5) is 13.9. The van der Waals surface area contributed by atoms with Crippen LogP contribution in [-0.2, 0) is 4.79 Å². The molecule has 4 heteroatoms. The van der Waals surface area contributed by atoms with E-state index >= 15 is 0 Å². The summed E-state index contributed by atoms with van der Waals surface area (Å²) in [6, 6.07) is 0. The Morgan fingerprint density at radius 1 is 1.57 bits per heavy atom. The summed E-state index contributed by atoms with van der Waals surface area (Å²) in [5.74, 6) is 0.912. The van der Waals surface area contributed by atoms with E-state index in [2.05, 4.69) is 6.92 Å². The third kappa shape index (κ3) is 2.04. The highest BCUT2D eigenvalue weighted by molar-refractivity contribution is 5.85. The van der Waals surface area contributed by atoms with Crippen LogP contribution in [0.15, 0.2) is 0 Å². The molecule has 1 saturated heterocycles. The lowest BCUT2D eigenvalue weighted by Gasteiger charge is -2.20. The first-order valence-electron chi connectivity index (χ1n) is 5.15. The summed E-state index contributed by atoms with van der Waals surface area (Å²) in [6.45, 7) is 4.62. The smallest absolute Gasteiger partial charge is 0.228 e. The van der Waals surface area contributed by atoms with E-state index in [0.29, 0.717) is 11.8 Å². The molecule has 2 fully saturated rings. The third-order valence-electron chi connectivity index (χ3n) is 3.42. The summed E-state index contributed by atoms with van der Waals surface area (Å²) in [5.41, 5.74) is 5.59. The largest absolute Gasteiger partial charge is 0.342 e. The lowest BCUT2D eigenvalue weighted by molar-refractivity contribution is -0.135. The molecule has 1 aliphatic carbocycles. The van der Waals surface area contributed by atoms with Crippen LogP contribution in [0.3, 0.4) is 0 Å². The maximum absolute atomic E-state index is 11.9. The van der Waals surface area contributed by atoms with E-state index in [4.69, 9.17) is 5.73 Å². The second kappa shape index (κ2) is 4.07. The summed E-state index contributed by atoms with van der Waals surface area (Å²) in [5, 5.41) is 0. The van der Waals surface area contributed by atoms with Gasteiger partial charge in [0.25, 0.3) is 0 Å². The number of nitrogens with two attached hydrogens (primary N) is 1. The number of carbonyl (C=O) groups is 1. The zero-order chi connectivity index (χ0) is 9.47. The van der Waals surface area contributed by atoms with Crippen LogP contribution in [0.25, 0.3) is 0 Å². The fourth-order valence-corrected chi connectivity index (χ4v) is 1.99. The quantitative estimate of drug-likeness (QED) is 0.752. The van der Waals surface area contributed by atoms with Crippen LogP contribution >= 0.6 is 12.4 Å². The Bertz CT molecular complexity index is 228. The molecule has 0 aromatic carbocycles. The lowest BCUT2D eigenvalue weighted by atomic mass is 10.1. The van der Waals surface area contributed by atoms with Gasteiger partial charge in [-0.1, -0.05) is 6.92 Å². The number of nitrogens with zero attached hydrogens (tertiary/aromatic N) is 1. The van der Waals surface area contributed by atoms with Crippen molar-refractivity contribution in [1.29, 1.82) is 0 Å². The van der Waals surface area contributed by atoms with Gasteiger partial charge >= 0.3 is 0 Å². The predicted octanol–water partition coefficient (Wildman–Crippen LogP) is 1.02. The Kier molecular flexibility index (Phi) is 3.43. The van der Waals surface area contributed by atoms with Crippen molar-refractivity contribution in [2.24, 2.45) is 17.1 Å². The van der Waals surface area contributed by atoms with E-state index in [1.54, 1.807) is 0 Å². The molecule has 0 spiro atoms. The minimum Gasteiger partial charge on any atom is -0.342 e. The average molecular weight is 219 g/mol. The summed E-state index contributed by atoms with van der Waals surface area (Å²) in [6.07, 6.45) is 3.25. The maximum Gasteiger partial charge on any atom is 0.228 e. The molecular weight excluding hydrogens is 200 g/mol. The minimum atomic E-state index is 0. The van der Waals surface area contributed by atoms with Crippen molar-refractivity contribution in [3.8, 4) is 0 Å². The van der Waals surface area contributed by atoms with Crippen LogP contribution in [0.1, 0.15) is 26.2 Å². The Hall–Kier alpha value is -0.280. The van der Waals surface area contributed by atoms with Gasteiger partial charge in [0.1, 0.15) is 0 Å². The zero-order valence-electron chi connectivity index (χ0n) is 8.66. The fraction of sp³-hybridized carbons (Fsp3) is 0.900. The molecule has 1 saturated carbocycles. The number of hydrogen-bond acceptors (Lipinski definition) is 2. The van der Waals surface area contributed by atoms with Crippen LogP contribution in [-0.4, -0.2) is 30.4 Å². The summed E-state index contributed by atoms with van der Waals surface area (Å²) < 4.78 is 0. The van der Waals surface area contributed by atoms with Gasteiger partial charge in [-0.15, -0.1) is 12.4 Å². The average Bonchev–Trinajstić information content (AvgIpc) is 2.71. The fourth-order valence-electron chi connectivity index (χ4n) is 1.99. The lowest BCUT2D eigenvalue weighted by Crippen LogP contribution is -2.34. The molecule has 1 heterocycles. The molecule has 1 amide bonds. The molecule has 82 valence electrons. The van der Waals surface area contributed by atoms with Gasteiger partial charge in [0.05, 0.1) is 0 Å². The first-order chi connectivity index (χ1) is 6.15. The van der Waals surface area contributed by atoms with Crippen LogP contribution < -0.4 is 5.73 Å². The Morgan fingerprint density at radius 3 is 2.64 bits per heavy atom. The van der Waals surface area contributed by atoms with Gasteiger partial charge in [-0.3, -0.25) is 4.79 Å². The second-order valence-corrected chi connectivity index (χ2v) is 4.70. The van der Waals surface area contributed by atoms with E-state index in [1.165, 1.54) is 0 Å². The Labute approximate surface area is 91.4 Å². The van der Waals surface area contributed by atoms with E-state index < -0.39 is 0 Å². The molecule has 14 heavy (non-hydrogen) atoms. The third-order valence-corrected chi connectivity index (χ3v) is 3.42. The molecule has 0 aromatic rings. The molecular formula is C10H19ClN2O. The molecule has 0 radical (unpaired) electrons. The normalized spacial score (nSPS) is 28.4. The molecule has 1 atom stereocenters. The van der Waals surface area contributed by atoms with Crippen molar-refractivity contribution in [2.75, 3.05) is 19.6 Å². The predicted molar refractivity (Wildman–Crippen MR) is 58.3 cm³/mol. The van der Waals surface area contributed by atoms with Crippen molar-refractivity contribution in [1.82, 2.24) is 4.90 Å². The molecule has 0 unspecified atom stereocenters. The summed E-state index contributed by atoms with van der Waals surface area (Å²) >= 11 is 0. The molecule has 2 N–H and O–H groups in total. The van der Waals surface area contributed by atoms with Crippen molar-refractivity contribution in [2.45, 2.75) is 26.2 Å². The number of likely N-dealkylation sites (tertiary alicyclic amines) is 1. The molecule has 1 aliphatic heterocycles. The highest BCUT2D eigenvalue weighted by Gasteiger charge is 2.48. The van der Waals surface area contributed by atoms with Gasteiger partial charge in [-0.05, 0) is 31.7 Å². The van der Waals surface area contributed by atoms with E-state index in [1.807, 2.05) is 4.90 Å². The van der Waals surface area contributed by atoms with Gasteiger partial charge in [-0.2, -0.15) is 0 Å². The number of halogens is 1. The zero-order valence-corrected chi connectivity index (χ0v) is 9.48. The standard InChI is InChI=1S/C10H18N2O.ClH/c1-10(3-4-10)9(13)12-5-2-8(6-11)7-12;/h8H,2-7,11H2,1H3;1H/t8-;/m0./s1. The SMILES string of the molecule is CC1(C(=O)N2CC[C@@H](CN)C2)CC1.Cl. The van der Waals surface area contributed by atoms with E-state index in [9.17, 15) is 4.79 Å². The van der Waals surface area contributed by atoms with Crippen LogP contribution in [0.4, 0.5) is 0 Å². The summed E-state index contributed by atoms with van der Waals surface area (Å²) in [7, 11) is 0. The Balaban J connectivity index is 0.000000980.